The number of benzene rings is 1. The van der Waals surface area contributed by atoms with Gasteiger partial charge in [-0.05, 0) is 43.7 Å². The van der Waals surface area contributed by atoms with Crippen LogP contribution in [0.1, 0.15) is 23.2 Å². The minimum absolute atomic E-state index is 0.0241. The Morgan fingerprint density at radius 3 is 2.89 bits per heavy atom. The molecule has 0 bridgehead atoms. The van der Waals surface area contributed by atoms with Crippen LogP contribution in [-0.2, 0) is 0 Å². The summed E-state index contributed by atoms with van der Waals surface area (Å²) in [6, 6.07) is 7.40. The third-order valence-electron chi connectivity index (χ3n) is 3.12. The van der Waals surface area contributed by atoms with Gasteiger partial charge in [0, 0.05) is 18.2 Å². The molecule has 1 fully saturated rings. The van der Waals surface area contributed by atoms with Crippen LogP contribution in [-0.4, -0.2) is 31.6 Å². The van der Waals surface area contributed by atoms with E-state index in [0.717, 1.165) is 31.7 Å². The van der Waals surface area contributed by atoms with E-state index in [1.165, 1.54) is 0 Å². The molecule has 102 valence electrons. The topological polar surface area (TPSA) is 50.4 Å². The molecule has 1 aromatic rings. The Hall–Kier alpha value is -1.81. The van der Waals surface area contributed by atoms with Crippen LogP contribution in [0.3, 0.4) is 0 Å². The summed E-state index contributed by atoms with van der Waals surface area (Å²) in [5, 5.41) is 6.32. The molecule has 1 heterocycles. The van der Waals surface area contributed by atoms with E-state index in [1.54, 1.807) is 30.3 Å². The number of hydrogen-bond donors (Lipinski definition) is 2. The smallest absolute Gasteiger partial charge is 0.251 e. The lowest BCUT2D eigenvalue weighted by Crippen LogP contribution is -2.45. The number of rotatable bonds is 5. The first-order valence-electron chi connectivity index (χ1n) is 6.65. The van der Waals surface area contributed by atoms with Gasteiger partial charge in [-0.2, -0.15) is 0 Å². The second kappa shape index (κ2) is 6.95. The summed E-state index contributed by atoms with van der Waals surface area (Å²) in [5.41, 5.74) is 0.663. The number of piperidine rings is 1. The molecule has 1 atom stereocenters. The lowest BCUT2D eigenvalue weighted by molar-refractivity contribution is 0.0930. The minimum atomic E-state index is -0.0241. The molecule has 1 aliphatic heterocycles. The predicted molar refractivity (Wildman–Crippen MR) is 75.5 cm³/mol. The molecule has 1 aliphatic rings. The van der Waals surface area contributed by atoms with E-state index in [9.17, 15) is 4.79 Å². The second-order valence-electron chi connectivity index (χ2n) is 4.64. The standard InChI is InChI=1S/C15H20N2O2/c1-2-10-19-14-7-5-12(6-8-14)15(18)17-13-4-3-9-16-11-13/h2,5-8,13,16H,1,3-4,9-11H2,(H,17,18). The van der Waals surface area contributed by atoms with Gasteiger partial charge in [-0.25, -0.2) is 0 Å². The fourth-order valence-electron chi connectivity index (χ4n) is 2.10. The highest BCUT2D eigenvalue weighted by Gasteiger charge is 2.16. The Morgan fingerprint density at radius 2 is 2.26 bits per heavy atom. The summed E-state index contributed by atoms with van der Waals surface area (Å²) in [6.07, 6.45) is 3.84. The zero-order valence-corrected chi connectivity index (χ0v) is 11.0. The van der Waals surface area contributed by atoms with E-state index in [-0.39, 0.29) is 11.9 Å². The van der Waals surface area contributed by atoms with Gasteiger partial charge in [-0.15, -0.1) is 0 Å². The highest BCUT2D eigenvalue weighted by molar-refractivity contribution is 5.94. The molecule has 1 saturated heterocycles. The van der Waals surface area contributed by atoms with Crippen molar-refractivity contribution in [3.05, 3.63) is 42.5 Å². The molecule has 0 saturated carbocycles. The van der Waals surface area contributed by atoms with E-state index in [2.05, 4.69) is 17.2 Å². The Balaban J connectivity index is 1.89. The third-order valence-corrected chi connectivity index (χ3v) is 3.12. The van der Waals surface area contributed by atoms with Crippen molar-refractivity contribution < 1.29 is 9.53 Å². The molecule has 0 radical (unpaired) electrons. The van der Waals surface area contributed by atoms with E-state index in [4.69, 9.17) is 4.74 Å². The van der Waals surface area contributed by atoms with Crippen molar-refractivity contribution >= 4 is 5.91 Å². The molecular weight excluding hydrogens is 240 g/mol. The molecule has 1 unspecified atom stereocenters. The molecule has 2 rings (SSSR count). The summed E-state index contributed by atoms with van der Waals surface area (Å²) in [5.74, 6) is 0.722. The van der Waals surface area contributed by atoms with Gasteiger partial charge in [0.2, 0.25) is 0 Å². The van der Waals surface area contributed by atoms with Crippen molar-refractivity contribution in [1.82, 2.24) is 10.6 Å². The minimum Gasteiger partial charge on any atom is -0.490 e. The molecular formula is C15H20N2O2. The average molecular weight is 260 g/mol. The van der Waals surface area contributed by atoms with E-state index < -0.39 is 0 Å². The Bertz CT molecular complexity index is 422. The van der Waals surface area contributed by atoms with Crippen LogP contribution < -0.4 is 15.4 Å². The molecule has 2 N–H and O–H groups in total. The number of amides is 1. The highest BCUT2D eigenvalue weighted by Crippen LogP contribution is 2.12. The van der Waals surface area contributed by atoms with Crippen LogP contribution in [0.15, 0.2) is 36.9 Å². The highest BCUT2D eigenvalue weighted by atomic mass is 16.5. The van der Waals surface area contributed by atoms with Crippen molar-refractivity contribution in [1.29, 1.82) is 0 Å². The van der Waals surface area contributed by atoms with Crippen molar-refractivity contribution in [2.24, 2.45) is 0 Å². The van der Waals surface area contributed by atoms with Crippen LogP contribution in [0.25, 0.3) is 0 Å². The monoisotopic (exact) mass is 260 g/mol. The Morgan fingerprint density at radius 1 is 1.47 bits per heavy atom. The lowest BCUT2D eigenvalue weighted by atomic mass is 10.1. The summed E-state index contributed by atoms with van der Waals surface area (Å²) in [6.45, 7) is 5.96. The first-order chi connectivity index (χ1) is 9.29. The van der Waals surface area contributed by atoms with Crippen molar-refractivity contribution in [3.63, 3.8) is 0 Å². The van der Waals surface area contributed by atoms with Crippen molar-refractivity contribution in [2.45, 2.75) is 18.9 Å². The number of nitrogens with one attached hydrogen (secondary N) is 2. The van der Waals surface area contributed by atoms with Crippen LogP contribution in [0.5, 0.6) is 5.75 Å². The second-order valence-corrected chi connectivity index (χ2v) is 4.64. The van der Waals surface area contributed by atoms with Crippen molar-refractivity contribution in [3.8, 4) is 5.75 Å². The summed E-state index contributed by atoms with van der Waals surface area (Å²) < 4.78 is 5.38. The number of carbonyl (C=O) groups is 1. The zero-order valence-electron chi connectivity index (χ0n) is 11.0. The summed E-state index contributed by atoms with van der Waals surface area (Å²) in [4.78, 5) is 12.0. The average Bonchev–Trinajstić information content (AvgIpc) is 2.46. The fraction of sp³-hybridized carbons (Fsp3) is 0.400. The van der Waals surface area contributed by atoms with Crippen LogP contribution >= 0.6 is 0 Å². The van der Waals surface area contributed by atoms with Gasteiger partial charge in [0.05, 0.1) is 0 Å². The van der Waals surface area contributed by atoms with Gasteiger partial charge >= 0.3 is 0 Å². The Labute approximate surface area is 113 Å². The third kappa shape index (κ3) is 4.10. The van der Waals surface area contributed by atoms with E-state index >= 15 is 0 Å². The normalized spacial score (nSPS) is 18.6. The van der Waals surface area contributed by atoms with Gasteiger partial charge in [-0.3, -0.25) is 4.79 Å². The molecule has 19 heavy (non-hydrogen) atoms. The van der Waals surface area contributed by atoms with Crippen LogP contribution in [0, 0.1) is 0 Å². The molecule has 4 heteroatoms. The zero-order chi connectivity index (χ0) is 13.5. The number of carbonyl (C=O) groups excluding carboxylic acids is 1. The SMILES string of the molecule is C=CCOc1ccc(C(=O)NC2CCCNC2)cc1. The number of hydrogen-bond acceptors (Lipinski definition) is 3. The molecule has 1 amide bonds. The van der Waals surface area contributed by atoms with Gasteiger partial charge in [-0.1, -0.05) is 12.7 Å². The van der Waals surface area contributed by atoms with Gasteiger partial charge in [0.15, 0.2) is 0 Å². The molecule has 0 aliphatic carbocycles. The first kappa shape index (κ1) is 13.6. The summed E-state index contributed by atoms with van der Waals surface area (Å²) >= 11 is 0. The van der Waals surface area contributed by atoms with Crippen LogP contribution in [0.4, 0.5) is 0 Å². The van der Waals surface area contributed by atoms with E-state index in [1.807, 2.05) is 0 Å². The van der Waals surface area contributed by atoms with Gasteiger partial charge in [0.1, 0.15) is 12.4 Å². The molecule has 1 aromatic carbocycles. The molecule has 0 spiro atoms. The Kier molecular flexibility index (Phi) is 4.98. The van der Waals surface area contributed by atoms with Gasteiger partial charge < -0.3 is 15.4 Å². The maximum Gasteiger partial charge on any atom is 0.251 e. The van der Waals surface area contributed by atoms with Crippen molar-refractivity contribution in [2.75, 3.05) is 19.7 Å². The van der Waals surface area contributed by atoms with Gasteiger partial charge in [0.25, 0.3) is 5.91 Å². The molecule has 4 nitrogen and oxygen atoms in total. The lowest BCUT2D eigenvalue weighted by Gasteiger charge is -2.23. The predicted octanol–water partition coefficient (Wildman–Crippen LogP) is 1.73. The number of ether oxygens (including phenoxy) is 1. The molecule has 0 aromatic heterocycles. The quantitative estimate of drug-likeness (QED) is 0.793. The fourth-order valence-corrected chi connectivity index (χ4v) is 2.10. The van der Waals surface area contributed by atoms with Crippen LogP contribution in [0.2, 0.25) is 0 Å². The maximum atomic E-state index is 12.0. The first-order valence-corrected chi connectivity index (χ1v) is 6.65. The summed E-state index contributed by atoms with van der Waals surface area (Å²) in [7, 11) is 0. The van der Waals surface area contributed by atoms with E-state index in [0.29, 0.717) is 12.2 Å². The largest absolute Gasteiger partial charge is 0.490 e. The maximum absolute atomic E-state index is 12.0.